The summed E-state index contributed by atoms with van der Waals surface area (Å²) < 4.78 is 23.8. The van der Waals surface area contributed by atoms with Crippen LogP contribution in [0.15, 0.2) is 24.3 Å². The van der Waals surface area contributed by atoms with Crippen LogP contribution in [0.4, 0.5) is 4.39 Å². The van der Waals surface area contributed by atoms with Crippen LogP contribution in [0.3, 0.4) is 0 Å². The van der Waals surface area contributed by atoms with Crippen LogP contribution in [0.2, 0.25) is 0 Å². The third-order valence-corrected chi connectivity index (χ3v) is 5.33. The SMILES string of the molecule is COc1ccc(COC(=O)c2cc3c(s2)CC[C@H](C)C3)cc1F. The standard InChI is InChI=1S/C18H19FO3S/c1-11-3-6-16-13(7-11)9-17(23-16)18(20)22-10-12-4-5-15(21-2)14(19)8-12/h4-5,8-9,11H,3,6-7,10H2,1-2H3/t11-/m0/s1. The first-order valence-corrected chi connectivity index (χ1v) is 8.49. The third kappa shape index (κ3) is 3.55. The number of rotatable bonds is 4. The average molecular weight is 334 g/mol. The molecule has 3 nitrogen and oxygen atoms in total. The number of carbonyl (C=O) groups excluding carboxylic acids is 1. The van der Waals surface area contributed by atoms with Gasteiger partial charge in [-0.05, 0) is 54.5 Å². The Morgan fingerprint density at radius 1 is 1.39 bits per heavy atom. The third-order valence-electron chi connectivity index (χ3n) is 4.12. The Morgan fingerprint density at radius 3 is 2.96 bits per heavy atom. The molecule has 0 radical (unpaired) electrons. The summed E-state index contributed by atoms with van der Waals surface area (Å²) in [6.45, 7) is 2.29. The molecule has 0 aliphatic heterocycles. The molecule has 0 fully saturated rings. The van der Waals surface area contributed by atoms with Gasteiger partial charge in [0.1, 0.15) is 11.5 Å². The lowest BCUT2D eigenvalue weighted by Gasteiger charge is -2.16. The summed E-state index contributed by atoms with van der Waals surface area (Å²) in [5.41, 5.74) is 1.88. The minimum Gasteiger partial charge on any atom is -0.494 e. The second-order valence-corrected chi connectivity index (χ2v) is 7.09. The summed E-state index contributed by atoms with van der Waals surface area (Å²) in [5, 5.41) is 0. The van der Waals surface area contributed by atoms with E-state index in [9.17, 15) is 9.18 Å². The van der Waals surface area contributed by atoms with Gasteiger partial charge in [0, 0.05) is 4.88 Å². The van der Waals surface area contributed by atoms with Gasteiger partial charge in [-0.1, -0.05) is 13.0 Å². The van der Waals surface area contributed by atoms with Crippen LogP contribution in [0.5, 0.6) is 5.75 Å². The molecule has 1 aliphatic carbocycles. The maximum atomic E-state index is 13.6. The maximum absolute atomic E-state index is 13.6. The van der Waals surface area contributed by atoms with E-state index < -0.39 is 5.82 Å². The fourth-order valence-corrected chi connectivity index (χ4v) is 3.93. The van der Waals surface area contributed by atoms with Crippen LogP contribution in [0, 0.1) is 11.7 Å². The Labute approximate surface area is 139 Å². The van der Waals surface area contributed by atoms with Gasteiger partial charge in [0.25, 0.3) is 0 Å². The number of benzene rings is 1. The normalized spacial score (nSPS) is 16.7. The number of hydrogen-bond acceptors (Lipinski definition) is 4. The quantitative estimate of drug-likeness (QED) is 0.779. The highest BCUT2D eigenvalue weighted by molar-refractivity contribution is 7.14. The number of carbonyl (C=O) groups is 1. The fourth-order valence-electron chi connectivity index (χ4n) is 2.83. The van der Waals surface area contributed by atoms with Crippen molar-refractivity contribution >= 4 is 17.3 Å². The minimum atomic E-state index is -0.457. The Hall–Kier alpha value is -1.88. The predicted molar refractivity (Wildman–Crippen MR) is 87.6 cm³/mol. The van der Waals surface area contributed by atoms with Gasteiger partial charge in [0.05, 0.1) is 7.11 Å². The highest BCUT2D eigenvalue weighted by Gasteiger charge is 2.21. The van der Waals surface area contributed by atoms with Crippen LogP contribution >= 0.6 is 11.3 Å². The van der Waals surface area contributed by atoms with Gasteiger partial charge in [0.2, 0.25) is 0 Å². The summed E-state index contributed by atoms with van der Waals surface area (Å²) in [7, 11) is 1.41. The first kappa shape index (κ1) is 16.0. The molecule has 1 aromatic heterocycles. The van der Waals surface area contributed by atoms with Crippen molar-refractivity contribution in [2.75, 3.05) is 7.11 Å². The fraction of sp³-hybridized carbons (Fsp3) is 0.389. The average Bonchev–Trinajstić information content (AvgIpc) is 2.95. The van der Waals surface area contributed by atoms with Gasteiger partial charge < -0.3 is 9.47 Å². The number of hydrogen-bond donors (Lipinski definition) is 0. The summed E-state index contributed by atoms with van der Waals surface area (Å²) in [4.78, 5) is 14.1. The van der Waals surface area contributed by atoms with Gasteiger partial charge >= 0.3 is 5.97 Å². The molecule has 23 heavy (non-hydrogen) atoms. The summed E-state index contributed by atoms with van der Waals surface area (Å²) in [5.74, 6) is 0.0540. The number of halogens is 1. The highest BCUT2D eigenvalue weighted by atomic mass is 32.1. The molecular formula is C18H19FO3S. The molecule has 0 spiro atoms. The largest absolute Gasteiger partial charge is 0.494 e. The molecule has 0 saturated heterocycles. The van der Waals surface area contributed by atoms with Crippen LogP contribution in [-0.4, -0.2) is 13.1 Å². The molecule has 0 N–H and O–H groups in total. The van der Waals surface area contributed by atoms with Crippen molar-refractivity contribution in [1.29, 1.82) is 0 Å². The Morgan fingerprint density at radius 2 is 2.22 bits per heavy atom. The molecule has 1 atom stereocenters. The van der Waals surface area contributed by atoms with Crippen molar-refractivity contribution < 1.29 is 18.7 Å². The van der Waals surface area contributed by atoms with Crippen molar-refractivity contribution in [3.05, 3.63) is 51.0 Å². The molecule has 1 aliphatic rings. The lowest BCUT2D eigenvalue weighted by molar-refractivity contribution is 0.0478. The first-order valence-electron chi connectivity index (χ1n) is 7.68. The summed E-state index contributed by atoms with van der Waals surface area (Å²) >= 11 is 1.52. The van der Waals surface area contributed by atoms with Gasteiger partial charge in [0.15, 0.2) is 11.6 Å². The van der Waals surface area contributed by atoms with E-state index in [2.05, 4.69) is 6.92 Å². The van der Waals surface area contributed by atoms with E-state index in [1.54, 1.807) is 6.07 Å². The van der Waals surface area contributed by atoms with E-state index in [0.717, 1.165) is 12.8 Å². The highest BCUT2D eigenvalue weighted by Crippen LogP contribution is 2.32. The van der Waals surface area contributed by atoms with E-state index in [4.69, 9.17) is 9.47 Å². The molecule has 0 amide bonds. The second-order valence-electron chi connectivity index (χ2n) is 5.95. The van der Waals surface area contributed by atoms with Crippen LogP contribution in [0.25, 0.3) is 0 Å². The first-order chi connectivity index (χ1) is 11.1. The molecule has 0 bridgehead atoms. The number of methoxy groups -OCH3 is 1. The van der Waals surface area contributed by atoms with Crippen molar-refractivity contribution in [3.8, 4) is 5.75 Å². The van der Waals surface area contributed by atoms with Gasteiger partial charge in [-0.2, -0.15) is 0 Å². The Bertz CT molecular complexity index is 723. The zero-order chi connectivity index (χ0) is 16.4. The lowest BCUT2D eigenvalue weighted by atomic mass is 9.90. The van der Waals surface area contributed by atoms with Gasteiger partial charge in [-0.15, -0.1) is 11.3 Å². The molecule has 3 rings (SSSR count). The lowest BCUT2D eigenvalue weighted by Crippen LogP contribution is -2.08. The van der Waals surface area contributed by atoms with E-state index in [-0.39, 0.29) is 18.3 Å². The Balaban J connectivity index is 1.64. The van der Waals surface area contributed by atoms with Crippen LogP contribution in [-0.2, 0) is 24.2 Å². The zero-order valence-corrected chi connectivity index (χ0v) is 14.0. The van der Waals surface area contributed by atoms with Crippen LogP contribution < -0.4 is 4.74 Å². The minimum absolute atomic E-state index is 0.0543. The van der Waals surface area contributed by atoms with E-state index in [0.29, 0.717) is 16.4 Å². The van der Waals surface area contributed by atoms with Gasteiger partial charge in [-0.3, -0.25) is 0 Å². The summed E-state index contributed by atoms with van der Waals surface area (Å²) in [6.07, 6.45) is 3.24. The molecule has 1 aromatic carbocycles. The van der Waals surface area contributed by atoms with Crippen LogP contribution in [0.1, 0.15) is 39.0 Å². The molecule has 2 aromatic rings. The number of fused-ring (bicyclic) bond motifs is 1. The summed E-state index contributed by atoms with van der Waals surface area (Å²) in [6, 6.07) is 6.50. The molecule has 5 heteroatoms. The van der Waals surface area contributed by atoms with Crippen molar-refractivity contribution in [2.24, 2.45) is 5.92 Å². The monoisotopic (exact) mass is 334 g/mol. The topological polar surface area (TPSA) is 35.5 Å². The molecule has 1 heterocycles. The molecule has 122 valence electrons. The van der Waals surface area contributed by atoms with E-state index in [1.165, 1.54) is 47.4 Å². The van der Waals surface area contributed by atoms with Crippen molar-refractivity contribution in [3.63, 3.8) is 0 Å². The Kier molecular flexibility index (Phi) is 4.66. The molecule has 0 unspecified atom stereocenters. The molecule has 0 saturated carbocycles. The number of ether oxygens (including phenoxy) is 2. The second kappa shape index (κ2) is 6.71. The smallest absolute Gasteiger partial charge is 0.348 e. The molecular weight excluding hydrogens is 315 g/mol. The van der Waals surface area contributed by atoms with Gasteiger partial charge in [-0.25, -0.2) is 9.18 Å². The van der Waals surface area contributed by atoms with E-state index in [1.807, 2.05) is 6.07 Å². The number of esters is 1. The van der Waals surface area contributed by atoms with Crippen molar-refractivity contribution in [2.45, 2.75) is 32.8 Å². The van der Waals surface area contributed by atoms with Crippen molar-refractivity contribution in [1.82, 2.24) is 0 Å². The number of thiophene rings is 1. The zero-order valence-electron chi connectivity index (χ0n) is 13.2. The maximum Gasteiger partial charge on any atom is 0.348 e. The van der Waals surface area contributed by atoms with E-state index >= 15 is 0 Å². The predicted octanol–water partition coefficient (Wildman–Crippen LogP) is 4.38. The number of aryl methyl sites for hydroxylation is 1.